The molecule has 0 aliphatic carbocycles. The molecular weight excluding hydrogens is 186 g/mol. The quantitative estimate of drug-likeness (QED) is 0.805. The van der Waals surface area contributed by atoms with E-state index in [1.807, 2.05) is 6.07 Å². The van der Waals surface area contributed by atoms with Crippen molar-refractivity contribution >= 4 is 0 Å². The molecule has 15 heavy (non-hydrogen) atoms. The van der Waals surface area contributed by atoms with Gasteiger partial charge < -0.3 is 10.5 Å². The molecule has 0 saturated heterocycles. The third-order valence-electron chi connectivity index (χ3n) is 2.66. The molecule has 2 heteroatoms. The van der Waals surface area contributed by atoms with Gasteiger partial charge in [-0.05, 0) is 43.9 Å². The van der Waals surface area contributed by atoms with Gasteiger partial charge in [-0.15, -0.1) is 0 Å². The summed E-state index contributed by atoms with van der Waals surface area (Å²) >= 11 is 0. The van der Waals surface area contributed by atoms with Crippen LogP contribution in [0.3, 0.4) is 0 Å². The molecule has 0 aliphatic heterocycles. The minimum absolute atomic E-state index is 0.616. The number of rotatable bonds is 5. The van der Waals surface area contributed by atoms with E-state index in [0.29, 0.717) is 5.92 Å². The summed E-state index contributed by atoms with van der Waals surface area (Å²) < 4.78 is 5.35. The molecule has 0 spiro atoms. The van der Waals surface area contributed by atoms with Crippen molar-refractivity contribution < 1.29 is 4.74 Å². The zero-order valence-electron chi connectivity index (χ0n) is 9.92. The monoisotopic (exact) mass is 207 g/mol. The Morgan fingerprint density at radius 2 is 2.13 bits per heavy atom. The fourth-order valence-corrected chi connectivity index (χ4v) is 1.83. The first-order valence-corrected chi connectivity index (χ1v) is 5.51. The zero-order chi connectivity index (χ0) is 11.3. The van der Waals surface area contributed by atoms with E-state index in [1.165, 1.54) is 11.1 Å². The van der Waals surface area contributed by atoms with E-state index in [-0.39, 0.29) is 0 Å². The Kier molecular flexibility index (Phi) is 4.63. The number of ether oxygens (including phenoxy) is 1. The Morgan fingerprint density at radius 3 is 2.73 bits per heavy atom. The normalized spacial score (nSPS) is 12.5. The molecular formula is C13H21NO. The second-order valence-corrected chi connectivity index (χ2v) is 4.20. The molecule has 0 bridgehead atoms. The topological polar surface area (TPSA) is 35.2 Å². The van der Waals surface area contributed by atoms with Gasteiger partial charge in [0.1, 0.15) is 5.75 Å². The van der Waals surface area contributed by atoms with Gasteiger partial charge in [0, 0.05) is 0 Å². The summed E-state index contributed by atoms with van der Waals surface area (Å²) in [6, 6.07) is 6.32. The smallest absolute Gasteiger partial charge is 0.122 e. The van der Waals surface area contributed by atoms with Gasteiger partial charge in [-0.2, -0.15) is 0 Å². The van der Waals surface area contributed by atoms with Crippen LogP contribution in [-0.2, 0) is 6.42 Å². The van der Waals surface area contributed by atoms with Crippen LogP contribution in [0.4, 0.5) is 0 Å². The Bertz CT molecular complexity index is 309. The predicted octanol–water partition coefficient (Wildman–Crippen LogP) is 2.53. The van der Waals surface area contributed by atoms with Crippen LogP contribution in [0.15, 0.2) is 18.2 Å². The second-order valence-electron chi connectivity index (χ2n) is 4.20. The van der Waals surface area contributed by atoms with Crippen LogP contribution in [0.1, 0.15) is 24.5 Å². The van der Waals surface area contributed by atoms with Crippen LogP contribution in [0, 0.1) is 12.8 Å². The molecule has 0 saturated carbocycles. The predicted molar refractivity (Wildman–Crippen MR) is 64.3 cm³/mol. The van der Waals surface area contributed by atoms with E-state index >= 15 is 0 Å². The van der Waals surface area contributed by atoms with E-state index in [2.05, 4.69) is 26.0 Å². The number of methoxy groups -OCH3 is 1. The molecule has 0 aromatic heterocycles. The summed E-state index contributed by atoms with van der Waals surface area (Å²) in [6.45, 7) is 5.10. The van der Waals surface area contributed by atoms with Crippen LogP contribution in [0.2, 0.25) is 0 Å². The number of hydrogen-bond donors (Lipinski definition) is 1. The van der Waals surface area contributed by atoms with Crippen molar-refractivity contribution in [2.75, 3.05) is 13.7 Å². The summed E-state index contributed by atoms with van der Waals surface area (Å²) in [6.07, 6.45) is 2.11. The second kappa shape index (κ2) is 5.76. The molecule has 1 unspecified atom stereocenters. The maximum Gasteiger partial charge on any atom is 0.122 e. The number of hydrogen-bond acceptors (Lipinski definition) is 2. The van der Waals surface area contributed by atoms with E-state index in [9.17, 15) is 0 Å². The van der Waals surface area contributed by atoms with Crippen LogP contribution in [-0.4, -0.2) is 13.7 Å². The van der Waals surface area contributed by atoms with Gasteiger partial charge in [-0.3, -0.25) is 0 Å². The van der Waals surface area contributed by atoms with Crippen molar-refractivity contribution in [3.05, 3.63) is 29.3 Å². The summed E-state index contributed by atoms with van der Waals surface area (Å²) in [4.78, 5) is 0. The molecule has 1 aromatic carbocycles. The Labute approximate surface area is 92.4 Å². The SMILES string of the molecule is COc1ccc(C)cc1CC(C)CCN. The van der Waals surface area contributed by atoms with Crippen molar-refractivity contribution in [3.63, 3.8) is 0 Å². The minimum Gasteiger partial charge on any atom is -0.496 e. The Morgan fingerprint density at radius 1 is 1.40 bits per heavy atom. The molecule has 0 fully saturated rings. The minimum atomic E-state index is 0.616. The van der Waals surface area contributed by atoms with Crippen molar-refractivity contribution in [2.45, 2.75) is 26.7 Å². The Hall–Kier alpha value is -1.02. The Balaban J connectivity index is 2.77. The molecule has 2 N–H and O–H groups in total. The highest BCUT2D eigenvalue weighted by atomic mass is 16.5. The fraction of sp³-hybridized carbons (Fsp3) is 0.538. The highest BCUT2D eigenvalue weighted by Crippen LogP contribution is 2.23. The molecule has 1 rings (SSSR count). The molecule has 0 aliphatic rings. The molecule has 0 radical (unpaired) electrons. The maximum absolute atomic E-state index is 5.55. The van der Waals surface area contributed by atoms with E-state index in [0.717, 1.165) is 25.1 Å². The highest BCUT2D eigenvalue weighted by Gasteiger charge is 2.07. The molecule has 0 amide bonds. The number of benzene rings is 1. The lowest BCUT2D eigenvalue weighted by molar-refractivity contribution is 0.404. The largest absolute Gasteiger partial charge is 0.496 e. The average molecular weight is 207 g/mol. The van der Waals surface area contributed by atoms with Gasteiger partial charge in [0.05, 0.1) is 7.11 Å². The van der Waals surface area contributed by atoms with Gasteiger partial charge >= 0.3 is 0 Å². The summed E-state index contributed by atoms with van der Waals surface area (Å²) in [7, 11) is 1.72. The summed E-state index contributed by atoms with van der Waals surface area (Å²) in [5, 5.41) is 0. The van der Waals surface area contributed by atoms with Crippen LogP contribution in [0.25, 0.3) is 0 Å². The van der Waals surface area contributed by atoms with Crippen molar-refractivity contribution in [2.24, 2.45) is 11.7 Å². The van der Waals surface area contributed by atoms with E-state index in [4.69, 9.17) is 10.5 Å². The van der Waals surface area contributed by atoms with Gasteiger partial charge in [-0.1, -0.05) is 24.6 Å². The first-order chi connectivity index (χ1) is 7.17. The third kappa shape index (κ3) is 3.56. The van der Waals surface area contributed by atoms with E-state index < -0.39 is 0 Å². The standard InChI is InChI=1S/C13H21NO/c1-10-4-5-13(15-3)12(8-10)9-11(2)6-7-14/h4-5,8,11H,6-7,9,14H2,1-3H3. The lowest BCUT2D eigenvalue weighted by atomic mass is 9.96. The lowest BCUT2D eigenvalue weighted by Crippen LogP contribution is -2.08. The van der Waals surface area contributed by atoms with Crippen LogP contribution >= 0.6 is 0 Å². The number of aryl methyl sites for hydroxylation is 1. The van der Waals surface area contributed by atoms with Crippen LogP contribution in [0.5, 0.6) is 5.75 Å². The first-order valence-electron chi connectivity index (χ1n) is 5.51. The molecule has 0 heterocycles. The highest BCUT2D eigenvalue weighted by molar-refractivity contribution is 5.37. The van der Waals surface area contributed by atoms with Gasteiger partial charge in [0.15, 0.2) is 0 Å². The van der Waals surface area contributed by atoms with Gasteiger partial charge in [0.25, 0.3) is 0 Å². The summed E-state index contributed by atoms with van der Waals surface area (Å²) in [5.41, 5.74) is 8.13. The van der Waals surface area contributed by atoms with Crippen LogP contribution < -0.4 is 10.5 Å². The van der Waals surface area contributed by atoms with Gasteiger partial charge in [-0.25, -0.2) is 0 Å². The molecule has 1 atom stereocenters. The number of nitrogens with two attached hydrogens (primary N) is 1. The lowest BCUT2D eigenvalue weighted by Gasteiger charge is -2.13. The fourth-order valence-electron chi connectivity index (χ4n) is 1.83. The molecule has 1 aromatic rings. The molecule has 2 nitrogen and oxygen atoms in total. The zero-order valence-corrected chi connectivity index (χ0v) is 9.92. The maximum atomic E-state index is 5.55. The first kappa shape index (κ1) is 12.1. The average Bonchev–Trinajstić information content (AvgIpc) is 2.18. The third-order valence-corrected chi connectivity index (χ3v) is 2.66. The van der Waals surface area contributed by atoms with E-state index in [1.54, 1.807) is 7.11 Å². The van der Waals surface area contributed by atoms with Crippen molar-refractivity contribution in [3.8, 4) is 5.75 Å². The van der Waals surface area contributed by atoms with Crippen molar-refractivity contribution in [1.29, 1.82) is 0 Å². The summed E-state index contributed by atoms with van der Waals surface area (Å²) in [5.74, 6) is 1.61. The molecule has 84 valence electrons. The van der Waals surface area contributed by atoms with Gasteiger partial charge in [0.2, 0.25) is 0 Å². The van der Waals surface area contributed by atoms with Crippen molar-refractivity contribution in [1.82, 2.24) is 0 Å².